The van der Waals surface area contributed by atoms with Gasteiger partial charge in [-0.05, 0) is 36.8 Å². The number of hydrogen-bond donors (Lipinski definition) is 1. The Morgan fingerprint density at radius 2 is 1.96 bits per heavy atom. The highest BCUT2D eigenvalue weighted by Gasteiger charge is 2.38. The van der Waals surface area contributed by atoms with Gasteiger partial charge in [0.1, 0.15) is 5.56 Å². The van der Waals surface area contributed by atoms with Gasteiger partial charge in [0.05, 0.1) is 17.1 Å². The zero-order valence-corrected chi connectivity index (χ0v) is 13.2. The van der Waals surface area contributed by atoms with Gasteiger partial charge in [-0.3, -0.25) is 19.7 Å². The van der Waals surface area contributed by atoms with Crippen LogP contribution in [0.2, 0.25) is 0 Å². The van der Waals surface area contributed by atoms with Gasteiger partial charge in [-0.15, -0.1) is 0 Å². The predicted octanol–water partition coefficient (Wildman–Crippen LogP) is 3.16. The first-order valence-corrected chi connectivity index (χ1v) is 7.48. The van der Waals surface area contributed by atoms with E-state index in [1.165, 1.54) is 42.5 Å². The summed E-state index contributed by atoms with van der Waals surface area (Å²) in [5.41, 5.74) is -0.243. The molecule has 0 atom stereocenters. The molecule has 0 spiro atoms. The Morgan fingerprint density at radius 1 is 1.20 bits per heavy atom. The maximum atomic E-state index is 12.5. The molecule has 7 nitrogen and oxygen atoms in total. The van der Waals surface area contributed by atoms with Gasteiger partial charge in [-0.2, -0.15) is 0 Å². The Hall–Kier alpha value is -3.48. The molecule has 0 saturated heterocycles. The third-order valence-corrected chi connectivity index (χ3v) is 3.79. The fraction of sp³-hybridized carbons (Fsp3) is 0.111. The van der Waals surface area contributed by atoms with Crippen LogP contribution in [-0.2, 0) is 0 Å². The molecule has 7 heteroatoms. The third-order valence-electron chi connectivity index (χ3n) is 3.79. The lowest BCUT2D eigenvalue weighted by atomic mass is 10.1. The number of allylic oxidation sites excluding steroid dienone is 1. The Kier molecular flexibility index (Phi) is 4.06. The van der Waals surface area contributed by atoms with E-state index in [4.69, 9.17) is 4.74 Å². The summed E-state index contributed by atoms with van der Waals surface area (Å²) in [6, 6.07) is 8.36. The molecule has 25 heavy (non-hydrogen) atoms. The van der Waals surface area contributed by atoms with Crippen LogP contribution >= 0.6 is 0 Å². The number of phenols is 1. The van der Waals surface area contributed by atoms with Crippen LogP contribution in [0.1, 0.15) is 33.2 Å². The molecule has 0 heterocycles. The maximum absolute atomic E-state index is 12.5. The summed E-state index contributed by atoms with van der Waals surface area (Å²) >= 11 is 0. The molecule has 1 N–H and O–H groups in total. The minimum absolute atomic E-state index is 0.0225. The molecule has 126 valence electrons. The van der Waals surface area contributed by atoms with Gasteiger partial charge in [-0.1, -0.05) is 12.1 Å². The number of nitrogens with zero attached hydrogens (tertiary/aromatic N) is 1. The lowest BCUT2D eigenvalue weighted by molar-refractivity contribution is -0.385. The monoisotopic (exact) mass is 339 g/mol. The van der Waals surface area contributed by atoms with E-state index in [1.54, 1.807) is 6.92 Å². The average molecular weight is 339 g/mol. The van der Waals surface area contributed by atoms with Crippen LogP contribution in [0.3, 0.4) is 0 Å². The van der Waals surface area contributed by atoms with E-state index in [9.17, 15) is 24.8 Å². The molecular weight excluding hydrogens is 326 g/mol. The molecule has 0 aromatic heterocycles. The van der Waals surface area contributed by atoms with Gasteiger partial charge in [0.2, 0.25) is 5.78 Å². The van der Waals surface area contributed by atoms with Crippen LogP contribution in [-0.4, -0.2) is 28.2 Å². The molecule has 2 aromatic carbocycles. The van der Waals surface area contributed by atoms with Crippen LogP contribution in [0.4, 0.5) is 5.69 Å². The number of fused-ring (bicyclic) bond motifs is 1. The number of carbonyl (C=O) groups is 2. The minimum atomic E-state index is -0.682. The fourth-order valence-corrected chi connectivity index (χ4v) is 2.69. The predicted molar refractivity (Wildman–Crippen MR) is 89.0 cm³/mol. The summed E-state index contributed by atoms with van der Waals surface area (Å²) in [5, 5.41) is 20.8. The SMILES string of the molecule is CCOc1cc(C=C2C(=O)c3cccc([N+](=O)[O-])c3C2=O)ccc1O. The molecule has 2 aromatic rings. The van der Waals surface area contributed by atoms with Crippen molar-refractivity contribution in [1.29, 1.82) is 0 Å². The number of aromatic hydroxyl groups is 1. The van der Waals surface area contributed by atoms with Crippen LogP contribution in [0, 0.1) is 10.1 Å². The molecule has 1 aliphatic rings. The van der Waals surface area contributed by atoms with Crippen molar-refractivity contribution in [3.63, 3.8) is 0 Å². The number of carbonyl (C=O) groups excluding carboxylic acids is 2. The van der Waals surface area contributed by atoms with Crippen molar-refractivity contribution in [2.45, 2.75) is 6.92 Å². The van der Waals surface area contributed by atoms with Gasteiger partial charge in [0, 0.05) is 11.6 Å². The number of nitro benzene ring substituents is 1. The largest absolute Gasteiger partial charge is 0.504 e. The number of phenolic OH excluding ortho intramolecular Hbond substituents is 1. The van der Waals surface area contributed by atoms with Crippen LogP contribution < -0.4 is 4.74 Å². The number of ether oxygens (including phenoxy) is 1. The van der Waals surface area contributed by atoms with Crippen LogP contribution in [0.25, 0.3) is 6.08 Å². The zero-order valence-electron chi connectivity index (χ0n) is 13.2. The first-order valence-electron chi connectivity index (χ1n) is 7.48. The maximum Gasteiger partial charge on any atom is 0.281 e. The summed E-state index contributed by atoms with van der Waals surface area (Å²) in [6.07, 6.45) is 1.34. The number of Topliss-reactive ketones (excluding diaryl/α,β-unsaturated/α-hetero) is 2. The molecule has 0 saturated carbocycles. The molecule has 0 fully saturated rings. The second-order valence-electron chi connectivity index (χ2n) is 5.33. The van der Waals surface area contributed by atoms with E-state index < -0.39 is 16.5 Å². The van der Waals surface area contributed by atoms with E-state index in [1.807, 2.05) is 0 Å². The van der Waals surface area contributed by atoms with Crippen molar-refractivity contribution in [2.75, 3.05) is 6.61 Å². The van der Waals surface area contributed by atoms with Gasteiger partial charge >= 0.3 is 0 Å². The van der Waals surface area contributed by atoms with Crippen molar-refractivity contribution < 1.29 is 24.4 Å². The van der Waals surface area contributed by atoms with E-state index in [0.29, 0.717) is 12.2 Å². The molecular formula is C18H13NO6. The highest BCUT2D eigenvalue weighted by Crippen LogP contribution is 2.35. The van der Waals surface area contributed by atoms with Gasteiger partial charge in [-0.25, -0.2) is 0 Å². The third kappa shape index (κ3) is 2.76. The second kappa shape index (κ2) is 6.20. The summed E-state index contributed by atoms with van der Waals surface area (Å²) < 4.78 is 5.27. The first-order chi connectivity index (χ1) is 11.9. The van der Waals surface area contributed by atoms with Crippen LogP contribution in [0.5, 0.6) is 11.5 Å². The Labute approximate surface area is 142 Å². The van der Waals surface area contributed by atoms with Gasteiger partial charge in [0.15, 0.2) is 17.3 Å². The molecule has 0 unspecified atom stereocenters. The van der Waals surface area contributed by atoms with E-state index in [-0.39, 0.29) is 33.9 Å². The Bertz CT molecular complexity index is 945. The van der Waals surface area contributed by atoms with E-state index >= 15 is 0 Å². The van der Waals surface area contributed by atoms with E-state index in [2.05, 4.69) is 0 Å². The van der Waals surface area contributed by atoms with E-state index in [0.717, 1.165) is 0 Å². The van der Waals surface area contributed by atoms with Gasteiger partial charge in [0.25, 0.3) is 5.69 Å². The number of rotatable bonds is 4. The fourth-order valence-electron chi connectivity index (χ4n) is 2.69. The molecule has 0 radical (unpaired) electrons. The lowest BCUT2D eigenvalue weighted by Gasteiger charge is -2.06. The Balaban J connectivity index is 2.08. The first kappa shape index (κ1) is 16.4. The number of benzene rings is 2. The number of nitro groups is 1. The summed E-state index contributed by atoms with van der Waals surface area (Å²) in [4.78, 5) is 35.4. The minimum Gasteiger partial charge on any atom is -0.504 e. The molecule has 1 aliphatic carbocycles. The topological polar surface area (TPSA) is 107 Å². The van der Waals surface area contributed by atoms with Crippen molar-refractivity contribution >= 4 is 23.3 Å². The summed E-state index contributed by atoms with van der Waals surface area (Å²) in [6.45, 7) is 2.09. The van der Waals surface area contributed by atoms with Crippen molar-refractivity contribution in [2.24, 2.45) is 0 Å². The smallest absolute Gasteiger partial charge is 0.281 e. The average Bonchev–Trinajstić information content (AvgIpc) is 2.83. The summed E-state index contributed by atoms with van der Waals surface area (Å²) in [7, 11) is 0. The molecule has 0 aliphatic heterocycles. The van der Waals surface area contributed by atoms with Crippen molar-refractivity contribution in [1.82, 2.24) is 0 Å². The lowest BCUT2D eigenvalue weighted by Crippen LogP contribution is -2.02. The zero-order chi connectivity index (χ0) is 18.1. The normalized spacial score (nSPS) is 14.7. The molecule has 3 rings (SSSR count). The van der Waals surface area contributed by atoms with Gasteiger partial charge < -0.3 is 9.84 Å². The van der Waals surface area contributed by atoms with Crippen molar-refractivity contribution in [3.8, 4) is 11.5 Å². The summed E-state index contributed by atoms with van der Waals surface area (Å²) in [5.74, 6) is -1.08. The second-order valence-corrected chi connectivity index (χ2v) is 5.33. The number of hydrogen-bond acceptors (Lipinski definition) is 6. The standard InChI is InChI=1S/C18H13NO6/c1-2-25-15-9-10(6-7-14(15)20)8-12-17(21)11-4-3-5-13(19(23)24)16(11)18(12)22/h3-9,20H,2H2,1H3. The van der Waals surface area contributed by atoms with Crippen LogP contribution in [0.15, 0.2) is 42.0 Å². The Morgan fingerprint density at radius 3 is 2.64 bits per heavy atom. The highest BCUT2D eigenvalue weighted by atomic mass is 16.6. The molecule has 0 bridgehead atoms. The molecule has 0 amide bonds. The number of ketones is 2. The van der Waals surface area contributed by atoms with Crippen molar-refractivity contribution in [3.05, 3.63) is 68.8 Å². The highest BCUT2D eigenvalue weighted by molar-refractivity contribution is 6.42. The quantitative estimate of drug-likeness (QED) is 0.397.